The minimum Gasteiger partial charge on any atom is -0.488 e. The number of nitrogens with zero attached hydrogens (tertiary/aromatic N) is 1. The van der Waals surface area contributed by atoms with Gasteiger partial charge in [0.15, 0.2) is 0 Å². The molecule has 100 valence electrons. The zero-order valence-electron chi connectivity index (χ0n) is 11.1. The molecule has 1 unspecified atom stereocenters. The first-order valence-electron chi connectivity index (χ1n) is 6.19. The van der Waals surface area contributed by atoms with E-state index in [0.29, 0.717) is 12.4 Å². The van der Waals surface area contributed by atoms with Crippen LogP contribution in [0.4, 0.5) is 4.39 Å². The van der Waals surface area contributed by atoms with Gasteiger partial charge in [-0.2, -0.15) is 0 Å². The summed E-state index contributed by atoms with van der Waals surface area (Å²) in [6, 6.07) is 8.47. The van der Waals surface area contributed by atoms with E-state index in [1.54, 1.807) is 18.5 Å². The van der Waals surface area contributed by atoms with Crippen molar-refractivity contribution < 1.29 is 9.13 Å². The van der Waals surface area contributed by atoms with Crippen LogP contribution in [0.2, 0.25) is 0 Å². The minimum atomic E-state index is -0.295. The largest absolute Gasteiger partial charge is 0.488 e. The molecule has 0 fully saturated rings. The van der Waals surface area contributed by atoms with E-state index in [4.69, 9.17) is 4.74 Å². The highest BCUT2D eigenvalue weighted by atomic mass is 19.1. The van der Waals surface area contributed by atoms with Gasteiger partial charge in [-0.15, -0.1) is 0 Å². The van der Waals surface area contributed by atoms with E-state index < -0.39 is 0 Å². The summed E-state index contributed by atoms with van der Waals surface area (Å²) in [5, 5.41) is 3.13. The molecule has 0 saturated heterocycles. The molecular weight excluding hydrogens is 243 g/mol. The van der Waals surface area contributed by atoms with Crippen LogP contribution in [0.15, 0.2) is 42.7 Å². The van der Waals surface area contributed by atoms with E-state index in [1.807, 2.05) is 26.1 Å². The number of hydrogen-bond acceptors (Lipinski definition) is 3. The third-order valence-corrected chi connectivity index (χ3v) is 3.02. The van der Waals surface area contributed by atoms with Crippen molar-refractivity contribution in [3.05, 3.63) is 59.7 Å². The Morgan fingerprint density at radius 2 is 2.00 bits per heavy atom. The lowest BCUT2D eigenvalue weighted by atomic mass is 10.1. The fourth-order valence-electron chi connectivity index (χ4n) is 1.79. The number of ether oxygens (including phenoxy) is 1. The summed E-state index contributed by atoms with van der Waals surface area (Å²) in [6.07, 6.45) is 3.42. The second-order valence-corrected chi connectivity index (χ2v) is 4.34. The number of pyridine rings is 1. The lowest BCUT2D eigenvalue weighted by molar-refractivity contribution is 0.298. The smallest absolute Gasteiger partial charge is 0.127 e. The van der Waals surface area contributed by atoms with Crippen LogP contribution in [0.3, 0.4) is 0 Å². The van der Waals surface area contributed by atoms with Gasteiger partial charge in [0.05, 0.1) is 0 Å². The standard InChI is InChI=1S/C15H17FN2O/c1-11(17-2)14-4-3-13(16)9-15(14)19-10-12-5-7-18-8-6-12/h3-9,11,17H,10H2,1-2H3. The Balaban J connectivity index is 2.16. The molecule has 2 aromatic rings. The summed E-state index contributed by atoms with van der Waals surface area (Å²) in [5.41, 5.74) is 1.94. The topological polar surface area (TPSA) is 34.1 Å². The molecule has 19 heavy (non-hydrogen) atoms. The second-order valence-electron chi connectivity index (χ2n) is 4.34. The monoisotopic (exact) mass is 260 g/mol. The van der Waals surface area contributed by atoms with Crippen LogP contribution < -0.4 is 10.1 Å². The highest BCUT2D eigenvalue weighted by Crippen LogP contribution is 2.26. The maximum absolute atomic E-state index is 13.3. The molecule has 3 nitrogen and oxygen atoms in total. The third-order valence-electron chi connectivity index (χ3n) is 3.02. The quantitative estimate of drug-likeness (QED) is 0.897. The molecule has 1 N–H and O–H groups in total. The van der Waals surface area contributed by atoms with E-state index in [1.165, 1.54) is 12.1 Å². The Bertz CT molecular complexity index is 531. The molecule has 0 aliphatic carbocycles. The van der Waals surface area contributed by atoms with Gasteiger partial charge in [0, 0.05) is 30.1 Å². The minimum absolute atomic E-state index is 0.105. The maximum Gasteiger partial charge on any atom is 0.127 e. The highest BCUT2D eigenvalue weighted by Gasteiger charge is 2.11. The molecule has 4 heteroatoms. The second kappa shape index (κ2) is 6.29. The Morgan fingerprint density at radius 3 is 2.68 bits per heavy atom. The molecule has 0 bridgehead atoms. The van der Waals surface area contributed by atoms with Crippen molar-refractivity contribution in [1.29, 1.82) is 0 Å². The van der Waals surface area contributed by atoms with Crippen LogP contribution in [0.5, 0.6) is 5.75 Å². The molecular formula is C15H17FN2O. The van der Waals surface area contributed by atoms with Crippen LogP contribution in [0.25, 0.3) is 0 Å². The fourth-order valence-corrected chi connectivity index (χ4v) is 1.79. The average Bonchev–Trinajstić information content (AvgIpc) is 2.45. The predicted octanol–water partition coefficient (Wildman–Crippen LogP) is 3.08. The van der Waals surface area contributed by atoms with E-state index in [-0.39, 0.29) is 11.9 Å². The Morgan fingerprint density at radius 1 is 1.26 bits per heavy atom. The van der Waals surface area contributed by atoms with Crippen molar-refractivity contribution in [3.63, 3.8) is 0 Å². The van der Waals surface area contributed by atoms with E-state index in [0.717, 1.165) is 11.1 Å². The predicted molar refractivity (Wildman–Crippen MR) is 72.4 cm³/mol. The third kappa shape index (κ3) is 3.51. The molecule has 1 atom stereocenters. The first-order valence-corrected chi connectivity index (χ1v) is 6.19. The summed E-state index contributed by atoms with van der Waals surface area (Å²) < 4.78 is 19.0. The van der Waals surface area contributed by atoms with Gasteiger partial charge in [0.1, 0.15) is 18.2 Å². The van der Waals surface area contributed by atoms with Gasteiger partial charge >= 0.3 is 0 Å². The molecule has 2 rings (SSSR count). The highest BCUT2D eigenvalue weighted by molar-refractivity contribution is 5.36. The number of hydrogen-bond donors (Lipinski definition) is 1. The number of benzene rings is 1. The number of rotatable bonds is 5. The van der Waals surface area contributed by atoms with Crippen LogP contribution in [0, 0.1) is 5.82 Å². The molecule has 1 aromatic heterocycles. The van der Waals surface area contributed by atoms with Crippen molar-refractivity contribution in [2.24, 2.45) is 0 Å². The van der Waals surface area contributed by atoms with Crippen molar-refractivity contribution in [3.8, 4) is 5.75 Å². The van der Waals surface area contributed by atoms with Crippen LogP contribution >= 0.6 is 0 Å². The summed E-state index contributed by atoms with van der Waals surface area (Å²) >= 11 is 0. The fraction of sp³-hybridized carbons (Fsp3) is 0.267. The number of halogens is 1. The van der Waals surface area contributed by atoms with Crippen LogP contribution in [-0.4, -0.2) is 12.0 Å². The maximum atomic E-state index is 13.3. The SMILES string of the molecule is CNC(C)c1ccc(F)cc1OCc1ccncc1. The van der Waals surface area contributed by atoms with Gasteiger partial charge in [-0.05, 0) is 37.7 Å². The Kier molecular flexibility index (Phi) is 4.47. The van der Waals surface area contributed by atoms with E-state index >= 15 is 0 Å². The Labute approximate surface area is 112 Å². The van der Waals surface area contributed by atoms with Crippen molar-refractivity contribution >= 4 is 0 Å². The van der Waals surface area contributed by atoms with Gasteiger partial charge < -0.3 is 10.1 Å². The zero-order chi connectivity index (χ0) is 13.7. The van der Waals surface area contributed by atoms with E-state index in [9.17, 15) is 4.39 Å². The summed E-state index contributed by atoms with van der Waals surface area (Å²) in [7, 11) is 1.86. The van der Waals surface area contributed by atoms with E-state index in [2.05, 4.69) is 10.3 Å². The van der Waals surface area contributed by atoms with Gasteiger partial charge in [-0.25, -0.2) is 4.39 Å². The summed E-state index contributed by atoms with van der Waals surface area (Å²) in [4.78, 5) is 3.95. The molecule has 1 heterocycles. The molecule has 1 aromatic carbocycles. The molecule has 0 amide bonds. The van der Waals surface area contributed by atoms with Crippen molar-refractivity contribution in [2.75, 3.05) is 7.05 Å². The number of aromatic nitrogens is 1. The summed E-state index contributed by atoms with van der Waals surface area (Å²) in [5.74, 6) is 0.274. The molecule has 0 spiro atoms. The lowest BCUT2D eigenvalue weighted by Crippen LogP contribution is -2.14. The summed E-state index contributed by atoms with van der Waals surface area (Å²) in [6.45, 7) is 2.40. The van der Waals surface area contributed by atoms with Crippen molar-refractivity contribution in [2.45, 2.75) is 19.6 Å². The molecule has 0 radical (unpaired) electrons. The van der Waals surface area contributed by atoms with Gasteiger partial charge in [0.2, 0.25) is 0 Å². The molecule has 0 aliphatic heterocycles. The first-order chi connectivity index (χ1) is 9.20. The van der Waals surface area contributed by atoms with Gasteiger partial charge in [0.25, 0.3) is 0 Å². The van der Waals surface area contributed by atoms with Crippen LogP contribution in [0.1, 0.15) is 24.1 Å². The number of nitrogens with one attached hydrogen (secondary N) is 1. The normalized spacial score (nSPS) is 12.2. The van der Waals surface area contributed by atoms with Crippen molar-refractivity contribution in [1.82, 2.24) is 10.3 Å². The molecule has 0 saturated carbocycles. The average molecular weight is 260 g/mol. The lowest BCUT2D eigenvalue weighted by Gasteiger charge is -2.16. The van der Waals surface area contributed by atoms with Crippen LogP contribution in [-0.2, 0) is 6.61 Å². The molecule has 0 aliphatic rings. The first kappa shape index (κ1) is 13.5. The van der Waals surface area contributed by atoms with Gasteiger partial charge in [-0.1, -0.05) is 6.07 Å². The zero-order valence-corrected chi connectivity index (χ0v) is 11.1. The Hall–Kier alpha value is -1.94. The van der Waals surface area contributed by atoms with Gasteiger partial charge in [-0.3, -0.25) is 4.98 Å².